The smallest absolute Gasteiger partial charge is 0.177 e. The third-order valence-electron chi connectivity index (χ3n) is 1.65. The Kier molecular flexibility index (Phi) is 1.35. The second-order valence-electron chi connectivity index (χ2n) is 2.64. The zero-order valence-corrected chi connectivity index (χ0v) is 6.28. The highest BCUT2D eigenvalue weighted by Gasteiger charge is 2.03. The van der Waals surface area contributed by atoms with Crippen LogP contribution in [-0.2, 0) is 0 Å². The van der Waals surface area contributed by atoms with Gasteiger partial charge >= 0.3 is 0 Å². The number of aromatic amines is 1. The quantitative estimate of drug-likeness (QED) is 0.597. The van der Waals surface area contributed by atoms with E-state index in [4.69, 9.17) is 0 Å². The van der Waals surface area contributed by atoms with Crippen LogP contribution in [0.5, 0.6) is 0 Å². The summed E-state index contributed by atoms with van der Waals surface area (Å²) in [6.07, 6.45) is 7.65. The van der Waals surface area contributed by atoms with Crippen LogP contribution in [-0.4, -0.2) is 16.2 Å². The molecule has 0 aromatic carbocycles. The normalized spacial score (nSPS) is 21.4. The van der Waals surface area contributed by atoms with Crippen LogP contribution in [0.1, 0.15) is 12.6 Å². The molecular weight excluding hydrogens is 138 g/mol. The average molecular weight is 147 g/mol. The van der Waals surface area contributed by atoms with Gasteiger partial charge in [-0.05, 0) is 6.08 Å². The first-order chi connectivity index (χ1) is 5.36. The van der Waals surface area contributed by atoms with Crippen molar-refractivity contribution < 1.29 is 0 Å². The fourth-order valence-electron chi connectivity index (χ4n) is 1.01. The van der Waals surface area contributed by atoms with Crippen LogP contribution in [0.4, 0.5) is 5.82 Å². The Labute approximate surface area is 64.9 Å². The molecular formula is C8H9N3. The number of hydrogen-bond donors (Lipinski definition) is 1. The van der Waals surface area contributed by atoms with E-state index in [0.717, 1.165) is 11.5 Å². The summed E-state index contributed by atoms with van der Waals surface area (Å²) < 4.78 is 0. The van der Waals surface area contributed by atoms with Crippen LogP contribution >= 0.6 is 0 Å². The minimum Gasteiger partial charge on any atom is -0.343 e. The van der Waals surface area contributed by atoms with Crippen LogP contribution in [0.3, 0.4) is 0 Å². The van der Waals surface area contributed by atoms with E-state index < -0.39 is 0 Å². The third-order valence-corrected chi connectivity index (χ3v) is 1.65. The van der Waals surface area contributed by atoms with E-state index in [1.54, 1.807) is 6.33 Å². The molecule has 1 aliphatic rings. The summed E-state index contributed by atoms with van der Waals surface area (Å²) in [5.74, 6) is 1.18. The first-order valence-corrected chi connectivity index (χ1v) is 3.62. The number of aromatic nitrogens is 2. The highest BCUT2D eigenvalue weighted by molar-refractivity contribution is 5.74. The predicted molar refractivity (Wildman–Crippen MR) is 44.9 cm³/mol. The van der Waals surface area contributed by atoms with Crippen molar-refractivity contribution in [3.63, 3.8) is 0 Å². The van der Waals surface area contributed by atoms with E-state index in [0.29, 0.717) is 5.92 Å². The Balaban J connectivity index is 2.48. The van der Waals surface area contributed by atoms with E-state index in [-0.39, 0.29) is 0 Å². The lowest BCUT2D eigenvalue weighted by molar-refractivity contribution is 1.03. The molecule has 1 aromatic heterocycles. The highest BCUT2D eigenvalue weighted by atomic mass is 15.0. The number of aliphatic imine (C=N–C) groups is 1. The molecule has 0 radical (unpaired) electrons. The summed E-state index contributed by atoms with van der Waals surface area (Å²) >= 11 is 0. The monoisotopic (exact) mass is 147 g/mol. The summed E-state index contributed by atoms with van der Waals surface area (Å²) in [6, 6.07) is 0. The first-order valence-electron chi connectivity index (χ1n) is 3.62. The molecule has 0 bridgehead atoms. The second-order valence-corrected chi connectivity index (χ2v) is 2.64. The highest BCUT2D eigenvalue weighted by Crippen LogP contribution is 2.18. The number of hydrogen-bond acceptors (Lipinski definition) is 2. The molecule has 1 aromatic rings. The summed E-state index contributed by atoms with van der Waals surface area (Å²) in [4.78, 5) is 11.3. The summed E-state index contributed by atoms with van der Waals surface area (Å²) in [6.45, 7) is 2.09. The number of H-pyrrole nitrogens is 1. The molecule has 11 heavy (non-hydrogen) atoms. The van der Waals surface area contributed by atoms with Crippen molar-refractivity contribution in [2.75, 3.05) is 0 Å². The average Bonchev–Trinajstić information content (AvgIpc) is 2.38. The number of allylic oxidation sites excluding steroid dienone is 1. The maximum absolute atomic E-state index is 4.20. The van der Waals surface area contributed by atoms with E-state index in [2.05, 4.69) is 28.0 Å². The topological polar surface area (TPSA) is 41.0 Å². The molecule has 1 aliphatic heterocycles. The minimum atomic E-state index is 0.401. The van der Waals surface area contributed by atoms with Gasteiger partial charge in [0.25, 0.3) is 0 Å². The molecule has 56 valence electrons. The Bertz CT molecular complexity index is 280. The lowest BCUT2D eigenvalue weighted by Gasteiger charge is -1.89. The number of nitrogens with zero attached hydrogens (tertiary/aromatic N) is 2. The van der Waals surface area contributed by atoms with Crippen LogP contribution in [0.15, 0.2) is 17.4 Å². The molecule has 0 aliphatic carbocycles. The molecule has 1 unspecified atom stereocenters. The lowest BCUT2D eigenvalue weighted by atomic mass is 10.2. The molecule has 3 nitrogen and oxygen atoms in total. The zero-order chi connectivity index (χ0) is 7.68. The number of nitrogens with one attached hydrogen (secondary N) is 1. The van der Waals surface area contributed by atoms with Gasteiger partial charge in [-0.25, -0.2) is 9.98 Å². The molecule has 0 spiro atoms. The van der Waals surface area contributed by atoms with Gasteiger partial charge < -0.3 is 4.98 Å². The molecule has 1 N–H and O–H groups in total. The maximum atomic E-state index is 4.20. The minimum absolute atomic E-state index is 0.401. The van der Waals surface area contributed by atoms with Gasteiger partial charge in [0.15, 0.2) is 5.82 Å². The van der Waals surface area contributed by atoms with Crippen molar-refractivity contribution in [1.82, 2.24) is 9.97 Å². The molecule has 0 saturated heterocycles. The van der Waals surface area contributed by atoms with Crippen molar-refractivity contribution in [3.8, 4) is 0 Å². The van der Waals surface area contributed by atoms with Crippen molar-refractivity contribution in [3.05, 3.63) is 18.1 Å². The van der Waals surface area contributed by atoms with Crippen LogP contribution in [0, 0.1) is 5.92 Å². The number of fused-ring (bicyclic) bond motifs is 1. The fraction of sp³-hybridized carbons (Fsp3) is 0.250. The van der Waals surface area contributed by atoms with E-state index in [1.165, 1.54) is 0 Å². The molecule has 0 saturated carbocycles. The van der Waals surface area contributed by atoms with E-state index in [1.807, 2.05) is 12.3 Å². The third kappa shape index (κ3) is 1.09. The first kappa shape index (κ1) is 6.34. The SMILES string of the molecule is CC1C=Cc2[nH]cnc2N=C1. The summed E-state index contributed by atoms with van der Waals surface area (Å²) in [7, 11) is 0. The second kappa shape index (κ2) is 2.34. The summed E-state index contributed by atoms with van der Waals surface area (Å²) in [5.41, 5.74) is 0.991. The zero-order valence-electron chi connectivity index (χ0n) is 6.28. The largest absolute Gasteiger partial charge is 0.343 e. The van der Waals surface area contributed by atoms with Gasteiger partial charge in [0, 0.05) is 12.1 Å². The lowest BCUT2D eigenvalue weighted by Crippen LogP contribution is -1.86. The van der Waals surface area contributed by atoms with Gasteiger partial charge in [-0.2, -0.15) is 0 Å². The number of imidazole rings is 1. The molecule has 2 heterocycles. The summed E-state index contributed by atoms with van der Waals surface area (Å²) in [5, 5.41) is 0. The fourth-order valence-corrected chi connectivity index (χ4v) is 1.01. The van der Waals surface area contributed by atoms with E-state index in [9.17, 15) is 0 Å². The maximum Gasteiger partial charge on any atom is 0.177 e. The Morgan fingerprint density at radius 3 is 3.36 bits per heavy atom. The molecule has 2 rings (SSSR count). The van der Waals surface area contributed by atoms with Crippen LogP contribution in [0.25, 0.3) is 6.08 Å². The molecule has 0 fully saturated rings. The van der Waals surface area contributed by atoms with Crippen molar-refractivity contribution in [2.24, 2.45) is 10.9 Å². The van der Waals surface area contributed by atoms with Gasteiger partial charge in [0.05, 0.1) is 12.0 Å². The number of rotatable bonds is 0. The van der Waals surface area contributed by atoms with Gasteiger partial charge in [-0.15, -0.1) is 0 Å². The molecule has 1 atom stereocenters. The van der Waals surface area contributed by atoms with Crippen LogP contribution in [0.2, 0.25) is 0 Å². The predicted octanol–water partition coefficient (Wildman–Crippen LogP) is 1.77. The van der Waals surface area contributed by atoms with Crippen molar-refractivity contribution >= 4 is 18.1 Å². The van der Waals surface area contributed by atoms with Gasteiger partial charge in [0.2, 0.25) is 0 Å². The Morgan fingerprint density at radius 1 is 1.55 bits per heavy atom. The van der Waals surface area contributed by atoms with Gasteiger partial charge in [-0.3, -0.25) is 0 Å². The van der Waals surface area contributed by atoms with E-state index >= 15 is 0 Å². The van der Waals surface area contributed by atoms with Gasteiger partial charge in [0.1, 0.15) is 0 Å². The molecule has 0 amide bonds. The Morgan fingerprint density at radius 2 is 2.45 bits per heavy atom. The molecule has 3 heteroatoms. The Hall–Kier alpha value is -1.38. The van der Waals surface area contributed by atoms with Crippen molar-refractivity contribution in [2.45, 2.75) is 6.92 Å². The standard InChI is InChI=1S/C8H9N3/c1-6-2-3-7-8(9-4-6)11-5-10-7/h2-6H,1H3,(H,10,11). The van der Waals surface area contributed by atoms with Gasteiger partial charge in [-0.1, -0.05) is 13.0 Å². The van der Waals surface area contributed by atoms with Crippen LogP contribution < -0.4 is 0 Å². The van der Waals surface area contributed by atoms with Crippen molar-refractivity contribution in [1.29, 1.82) is 0 Å².